The Morgan fingerprint density at radius 3 is 2.12 bits per heavy atom. The quantitative estimate of drug-likeness (QED) is 0.442. The number of benzene rings is 3. The fourth-order valence-corrected chi connectivity index (χ4v) is 6.06. The van der Waals surface area contributed by atoms with E-state index < -0.39 is 9.84 Å². The van der Waals surface area contributed by atoms with Crippen molar-refractivity contribution in [3.63, 3.8) is 0 Å². The molecule has 3 aromatic rings. The molecule has 0 radical (unpaired) electrons. The minimum absolute atomic E-state index is 0.0348. The van der Waals surface area contributed by atoms with E-state index in [0.717, 1.165) is 42.1 Å². The van der Waals surface area contributed by atoms with Crippen LogP contribution in [0.2, 0.25) is 0 Å². The van der Waals surface area contributed by atoms with Crippen molar-refractivity contribution < 1.29 is 13.2 Å². The first-order valence-electron chi connectivity index (χ1n) is 11.6. The van der Waals surface area contributed by atoms with Gasteiger partial charge in [-0.15, -0.1) is 11.8 Å². The number of hydrogen-bond donors (Lipinski definition) is 1. The van der Waals surface area contributed by atoms with E-state index >= 15 is 0 Å². The number of carbonyl (C=O) groups is 1. The Bertz CT molecular complexity index is 1180. The molecule has 0 saturated carbocycles. The van der Waals surface area contributed by atoms with Gasteiger partial charge in [-0.3, -0.25) is 4.79 Å². The van der Waals surface area contributed by atoms with Crippen LogP contribution in [-0.2, 0) is 14.6 Å². The molecule has 1 unspecified atom stereocenters. The van der Waals surface area contributed by atoms with Crippen LogP contribution in [0.1, 0.15) is 30.6 Å². The van der Waals surface area contributed by atoms with E-state index in [2.05, 4.69) is 10.2 Å². The first-order chi connectivity index (χ1) is 16.5. The van der Waals surface area contributed by atoms with Gasteiger partial charge in [-0.05, 0) is 54.8 Å². The molecule has 1 aliphatic heterocycles. The van der Waals surface area contributed by atoms with Gasteiger partial charge >= 0.3 is 0 Å². The number of rotatable bonds is 8. The van der Waals surface area contributed by atoms with Crippen LogP contribution >= 0.6 is 11.8 Å². The van der Waals surface area contributed by atoms with Crippen molar-refractivity contribution in [2.75, 3.05) is 23.7 Å². The minimum atomic E-state index is -3.19. The lowest BCUT2D eigenvalue weighted by Crippen LogP contribution is -2.45. The van der Waals surface area contributed by atoms with Gasteiger partial charge in [0.05, 0.1) is 10.6 Å². The molecule has 0 aliphatic carbocycles. The van der Waals surface area contributed by atoms with Crippen molar-refractivity contribution in [3.8, 4) is 0 Å². The Kier molecular flexibility index (Phi) is 7.95. The van der Waals surface area contributed by atoms with Crippen LogP contribution in [0.5, 0.6) is 0 Å². The molecule has 1 aliphatic rings. The molecule has 3 aromatic carbocycles. The van der Waals surface area contributed by atoms with Crippen molar-refractivity contribution >= 4 is 33.2 Å². The molecule has 1 N–H and O–H groups in total. The van der Waals surface area contributed by atoms with Gasteiger partial charge in [-0.2, -0.15) is 0 Å². The zero-order valence-corrected chi connectivity index (χ0v) is 20.9. The maximum absolute atomic E-state index is 13.3. The average Bonchev–Trinajstić information content (AvgIpc) is 2.89. The minimum Gasteiger partial charge on any atom is -0.371 e. The Morgan fingerprint density at radius 2 is 1.53 bits per heavy atom. The highest BCUT2D eigenvalue weighted by Gasteiger charge is 2.27. The number of carbonyl (C=O) groups excluding carboxylic acids is 1. The van der Waals surface area contributed by atoms with Crippen molar-refractivity contribution in [1.82, 2.24) is 5.32 Å². The van der Waals surface area contributed by atoms with Gasteiger partial charge in [-0.25, -0.2) is 8.42 Å². The third-order valence-corrected chi connectivity index (χ3v) is 9.14. The summed E-state index contributed by atoms with van der Waals surface area (Å²) in [5, 5.41) is 2.97. The third-order valence-electron chi connectivity index (χ3n) is 6.12. The van der Waals surface area contributed by atoms with Gasteiger partial charge in [0.25, 0.3) is 0 Å². The van der Waals surface area contributed by atoms with Gasteiger partial charge in [0.2, 0.25) is 5.91 Å². The van der Waals surface area contributed by atoms with E-state index in [0.29, 0.717) is 4.90 Å². The SMILES string of the molecule is CCS(=O)(=O)c1ccc(N2CCC(NC(=O)C(Sc3ccccc3)c3ccccc3)CC2)cc1. The molecule has 1 saturated heterocycles. The second-order valence-electron chi connectivity index (χ2n) is 8.39. The molecule has 1 fully saturated rings. The maximum atomic E-state index is 13.3. The van der Waals surface area contributed by atoms with Crippen LogP contribution in [0, 0.1) is 0 Å². The highest BCUT2D eigenvalue weighted by Crippen LogP contribution is 2.35. The standard InChI is InChI=1S/C27H30N2O3S2/c1-2-34(31,32)25-15-13-23(14-16-25)29-19-17-22(18-20-29)28-27(30)26(21-9-5-3-6-10-21)33-24-11-7-4-8-12-24/h3-16,22,26H,2,17-20H2,1H3,(H,28,30). The summed E-state index contributed by atoms with van der Waals surface area (Å²) in [4.78, 5) is 17.0. The predicted molar refractivity (Wildman–Crippen MR) is 139 cm³/mol. The summed E-state index contributed by atoms with van der Waals surface area (Å²) in [5.74, 6) is 0.136. The molecular formula is C27H30N2O3S2. The Balaban J connectivity index is 1.38. The Labute approximate surface area is 206 Å². The van der Waals surface area contributed by atoms with Crippen LogP contribution in [0.15, 0.2) is 94.7 Å². The summed E-state index contributed by atoms with van der Waals surface area (Å²) in [6.07, 6.45) is 1.69. The maximum Gasteiger partial charge on any atom is 0.238 e. The zero-order chi connectivity index (χ0) is 24.0. The molecule has 5 nitrogen and oxygen atoms in total. The lowest BCUT2D eigenvalue weighted by Gasteiger charge is -2.34. The number of nitrogens with zero attached hydrogens (tertiary/aromatic N) is 1. The second-order valence-corrected chi connectivity index (χ2v) is 11.8. The van der Waals surface area contributed by atoms with E-state index in [1.54, 1.807) is 30.8 Å². The first-order valence-corrected chi connectivity index (χ1v) is 14.1. The number of amides is 1. The van der Waals surface area contributed by atoms with Crippen molar-refractivity contribution in [1.29, 1.82) is 0 Å². The van der Waals surface area contributed by atoms with Crippen LogP contribution in [0.3, 0.4) is 0 Å². The molecule has 0 bridgehead atoms. The van der Waals surface area contributed by atoms with Gasteiger partial charge in [0.15, 0.2) is 9.84 Å². The van der Waals surface area contributed by atoms with Crippen LogP contribution < -0.4 is 10.2 Å². The Hall–Kier alpha value is -2.77. The summed E-state index contributed by atoms with van der Waals surface area (Å²) < 4.78 is 24.1. The average molecular weight is 495 g/mol. The second kappa shape index (κ2) is 11.1. The van der Waals surface area contributed by atoms with Crippen molar-refractivity contribution in [3.05, 3.63) is 90.5 Å². The summed E-state index contributed by atoms with van der Waals surface area (Å²) in [5.41, 5.74) is 2.01. The molecule has 1 heterocycles. The highest BCUT2D eigenvalue weighted by molar-refractivity contribution is 8.00. The van der Waals surface area contributed by atoms with Gasteiger partial charge in [-0.1, -0.05) is 55.5 Å². The number of sulfone groups is 1. The lowest BCUT2D eigenvalue weighted by molar-refractivity contribution is -0.121. The van der Waals surface area contributed by atoms with Crippen LogP contribution in [0.25, 0.3) is 0 Å². The van der Waals surface area contributed by atoms with Crippen LogP contribution in [-0.4, -0.2) is 39.2 Å². The molecular weight excluding hydrogens is 464 g/mol. The fourth-order valence-electron chi connectivity index (χ4n) is 4.13. The van der Waals surface area contributed by atoms with E-state index in [1.807, 2.05) is 72.8 Å². The van der Waals surface area contributed by atoms with Crippen LogP contribution in [0.4, 0.5) is 5.69 Å². The number of thioether (sulfide) groups is 1. The van der Waals surface area contributed by atoms with Gasteiger partial charge in [0.1, 0.15) is 5.25 Å². The molecule has 34 heavy (non-hydrogen) atoms. The van der Waals surface area contributed by atoms with E-state index in [9.17, 15) is 13.2 Å². The molecule has 0 aromatic heterocycles. The first kappa shape index (κ1) is 24.4. The number of anilines is 1. The Morgan fingerprint density at radius 1 is 0.941 bits per heavy atom. The van der Waals surface area contributed by atoms with Gasteiger partial charge in [0, 0.05) is 29.7 Å². The number of nitrogens with one attached hydrogen (secondary N) is 1. The molecule has 1 atom stereocenters. The van der Waals surface area contributed by atoms with E-state index in [1.165, 1.54) is 0 Å². The smallest absolute Gasteiger partial charge is 0.238 e. The van der Waals surface area contributed by atoms with E-state index in [4.69, 9.17) is 0 Å². The third kappa shape index (κ3) is 6.02. The van der Waals surface area contributed by atoms with E-state index in [-0.39, 0.29) is 23.0 Å². The summed E-state index contributed by atoms with van der Waals surface area (Å²) >= 11 is 1.57. The summed E-state index contributed by atoms with van der Waals surface area (Å²) in [6.45, 7) is 3.28. The molecule has 7 heteroatoms. The molecule has 4 rings (SSSR count). The lowest BCUT2D eigenvalue weighted by atomic mass is 10.0. The molecule has 1 amide bonds. The zero-order valence-electron chi connectivity index (χ0n) is 19.3. The molecule has 0 spiro atoms. The largest absolute Gasteiger partial charge is 0.371 e. The van der Waals surface area contributed by atoms with Crippen molar-refractivity contribution in [2.45, 2.75) is 40.8 Å². The monoisotopic (exact) mass is 494 g/mol. The summed E-state index contributed by atoms with van der Waals surface area (Å²) in [6, 6.07) is 27.2. The fraction of sp³-hybridized carbons (Fsp3) is 0.296. The number of hydrogen-bond acceptors (Lipinski definition) is 5. The number of piperidine rings is 1. The predicted octanol–water partition coefficient (Wildman–Crippen LogP) is 5.10. The van der Waals surface area contributed by atoms with Gasteiger partial charge < -0.3 is 10.2 Å². The normalized spacial score (nSPS) is 15.6. The summed E-state index contributed by atoms with van der Waals surface area (Å²) in [7, 11) is -3.19. The topological polar surface area (TPSA) is 66.5 Å². The van der Waals surface area contributed by atoms with Crippen molar-refractivity contribution in [2.24, 2.45) is 0 Å². The highest BCUT2D eigenvalue weighted by atomic mass is 32.2. The molecule has 178 valence electrons.